The van der Waals surface area contributed by atoms with Crippen LogP contribution in [0.5, 0.6) is 0 Å². The molecule has 6 heteroatoms. The molecule has 5 nitrogen and oxygen atoms in total. The van der Waals surface area contributed by atoms with Gasteiger partial charge in [-0.15, -0.1) is 11.3 Å². The predicted octanol–water partition coefficient (Wildman–Crippen LogP) is 3.76. The molecule has 0 fully saturated rings. The molecule has 0 aliphatic heterocycles. The molecule has 0 unspecified atom stereocenters. The first kappa shape index (κ1) is 12.6. The summed E-state index contributed by atoms with van der Waals surface area (Å²) in [4.78, 5) is 14.9. The molecule has 0 radical (unpaired) electrons. The molecule has 0 bridgehead atoms. The van der Waals surface area contributed by atoms with Gasteiger partial charge in [0, 0.05) is 23.4 Å². The summed E-state index contributed by atoms with van der Waals surface area (Å²) in [5, 5.41) is 11.6. The van der Waals surface area contributed by atoms with Gasteiger partial charge in [-0.2, -0.15) is 0 Å². The van der Waals surface area contributed by atoms with E-state index in [4.69, 9.17) is 5.73 Å². The molecule has 1 heterocycles. The Morgan fingerprint density at radius 1 is 1.25 bits per heavy atom. The molecular formula is C14H11N3O2S. The number of non-ortho nitro benzene ring substituents is 1. The standard InChI is InChI=1S/C14H11N3O2S/c1-8-2-5-12-13(6-8)20-14(16-12)10-7-9(17(18)19)3-4-11(10)15/h2-7H,15H2,1H3. The summed E-state index contributed by atoms with van der Waals surface area (Å²) >= 11 is 1.49. The number of nitrogens with two attached hydrogens (primary N) is 1. The number of nitrogen functional groups attached to an aromatic ring is 1. The first-order valence-corrected chi connectivity index (χ1v) is 6.78. The second-order valence-corrected chi connectivity index (χ2v) is 5.55. The van der Waals surface area contributed by atoms with Crippen molar-refractivity contribution in [1.82, 2.24) is 4.98 Å². The highest BCUT2D eigenvalue weighted by Crippen LogP contribution is 2.35. The van der Waals surface area contributed by atoms with E-state index in [0.717, 1.165) is 15.8 Å². The van der Waals surface area contributed by atoms with Crippen molar-refractivity contribution >= 4 is 32.9 Å². The minimum atomic E-state index is -0.430. The Morgan fingerprint density at radius 2 is 2.05 bits per heavy atom. The maximum Gasteiger partial charge on any atom is 0.270 e. The Morgan fingerprint density at radius 3 is 2.80 bits per heavy atom. The van der Waals surface area contributed by atoms with Gasteiger partial charge < -0.3 is 5.73 Å². The van der Waals surface area contributed by atoms with E-state index >= 15 is 0 Å². The summed E-state index contributed by atoms with van der Waals surface area (Å²) in [5.74, 6) is 0. The van der Waals surface area contributed by atoms with Gasteiger partial charge in [0.15, 0.2) is 0 Å². The van der Waals surface area contributed by atoms with Gasteiger partial charge in [-0.3, -0.25) is 10.1 Å². The average molecular weight is 285 g/mol. The Labute approximate surface area is 118 Å². The average Bonchev–Trinajstić information content (AvgIpc) is 2.81. The monoisotopic (exact) mass is 285 g/mol. The SMILES string of the molecule is Cc1ccc2nc(-c3cc([N+](=O)[O-])ccc3N)sc2c1. The molecule has 0 aliphatic rings. The first-order chi connectivity index (χ1) is 9.54. The van der Waals surface area contributed by atoms with Crippen molar-refractivity contribution in [3.8, 4) is 10.6 Å². The van der Waals surface area contributed by atoms with Crippen molar-refractivity contribution in [2.75, 3.05) is 5.73 Å². The maximum absolute atomic E-state index is 10.9. The number of hydrogen-bond acceptors (Lipinski definition) is 5. The molecule has 0 aliphatic carbocycles. The van der Waals surface area contributed by atoms with Gasteiger partial charge >= 0.3 is 0 Å². The van der Waals surface area contributed by atoms with Crippen LogP contribution in [0.1, 0.15) is 5.56 Å². The lowest BCUT2D eigenvalue weighted by molar-refractivity contribution is -0.384. The second kappa shape index (κ2) is 4.57. The zero-order valence-corrected chi connectivity index (χ0v) is 11.5. The van der Waals surface area contributed by atoms with Crippen LogP contribution in [0.3, 0.4) is 0 Å². The molecule has 2 N–H and O–H groups in total. The van der Waals surface area contributed by atoms with Crippen LogP contribution in [0.25, 0.3) is 20.8 Å². The fraction of sp³-hybridized carbons (Fsp3) is 0.0714. The van der Waals surface area contributed by atoms with Crippen molar-refractivity contribution in [3.05, 3.63) is 52.1 Å². The highest BCUT2D eigenvalue weighted by molar-refractivity contribution is 7.21. The Balaban J connectivity index is 2.19. The number of anilines is 1. The summed E-state index contributed by atoms with van der Waals surface area (Å²) in [6.07, 6.45) is 0. The quantitative estimate of drug-likeness (QED) is 0.441. The molecule has 3 aromatic rings. The van der Waals surface area contributed by atoms with E-state index in [1.807, 2.05) is 25.1 Å². The van der Waals surface area contributed by atoms with Crippen molar-refractivity contribution in [2.45, 2.75) is 6.92 Å². The van der Waals surface area contributed by atoms with E-state index in [-0.39, 0.29) is 5.69 Å². The molecule has 0 atom stereocenters. The van der Waals surface area contributed by atoms with E-state index in [9.17, 15) is 10.1 Å². The lowest BCUT2D eigenvalue weighted by atomic mass is 10.1. The molecular weight excluding hydrogens is 274 g/mol. The normalized spacial score (nSPS) is 10.8. The second-order valence-electron chi connectivity index (χ2n) is 4.52. The number of benzene rings is 2. The first-order valence-electron chi connectivity index (χ1n) is 5.96. The zero-order valence-electron chi connectivity index (χ0n) is 10.7. The van der Waals surface area contributed by atoms with Crippen LogP contribution in [0.4, 0.5) is 11.4 Å². The third-order valence-corrected chi connectivity index (χ3v) is 4.07. The lowest BCUT2D eigenvalue weighted by Crippen LogP contribution is -1.93. The van der Waals surface area contributed by atoms with Gasteiger partial charge in [0.1, 0.15) is 5.01 Å². The number of nitrogens with zero attached hydrogens (tertiary/aromatic N) is 2. The van der Waals surface area contributed by atoms with Gasteiger partial charge in [-0.05, 0) is 30.7 Å². The molecule has 1 aromatic heterocycles. The smallest absolute Gasteiger partial charge is 0.270 e. The molecule has 0 saturated heterocycles. The number of hydrogen-bond donors (Lipinski definition) is 1. The summed E-state index contributed by atoms with van der Waals surface area (Å²) in [6.45, 7) is 2.01. The number of nitro benzene ring substituents is 1. The molecule has 20 heavy (non-hydrogen) atoms. The third-order valence-electron chi connectivity index (χ3n) is 3.02. The number of rotatable bonds is 2. The molecule has 2 aromatic carbocycles. The van der Waals surface area contributed by atoms with E-state index in [0.29, 0.717) is 16.3 Å². The third kappa shape index (κ3) is 2.10. The highest BCUT2D eigenvalue weighted by Gasteiger charge is 2.14. The van der Waals surface area contributed by atoms with Gasteiger partial charge in [0.05, 0.1) is 15.1 Å². The number of thiazole rings is 1. The van der Waals surface area contributed by atoms with Crippen LogP contribution in [0, 0.1) is 17.0 Å². The Kier molecular flexibility index (Phi) is 2.87. The van der Waals surface area contributed by atoms with Crippen LogP contribution in [0.2, 0.25) is 0 Å². The highest BCUT2D eigenvalue weighted by atomic mass is 32.1. The van der Waals surface area contributed by atoms with Crippen molar-refractivity contribution in [1.29, 1.82) is 0 Å². The van der Waals surface area contributed by atoms with Crippen LogP contribution < -0.4 is 5.73 Å². The minimum Gasteiger partial charge on any atom is -0.398 e. The van der Waals surface area contributed by atoms with Crippen LogP contribution in [-0.2, 0) is 0 Å². The number of nitro groups is 1. The summed E-state index contributed by atoms with van der Waals surface area (Å²) in [6, 6.07) is 10.4. The summed E-state index contributed by atoms with van der Waals surface area (Å²) in [7, 11) is 0. The fourth-order valence-electron chi connectivity index (χ4n) is 1.99. The van der Waals surface area contributed by atoms with E-state index in [1.54, 1.807) is 6.07 Å². The van der Waals surface area contributed by atoms with Gasteiger partial charge in [-0.1, -0.05) is 6.07 Å². The number of aromatic nitrogens is 1. The fourth-order valence-corrected chi connectivity index (χ4v) is 3.09. The van der Waals surface area contributed by atoms with E-state index < -0.39 is 4.92 Å². The number of fused-ring (bicyclic) bond motifs is 1. The van der Waals surface area contributed by atoms with Gasteiger partial charge in [-0.25, -0.2) is 4.98 Å². The Bertz CT molecular complexity index is 826. The number of aryl methyl sites for hydroxylation is 1. The zero-order chi connectivity index (χ0) is 14.3. The van der Waals surface area contributed by atoms with Crippen LogP contribution in [-0.4, -0.2) is 9.91 Å². The van der Waals surface area contributed by atoms with Crippen LogP contribution in [0.15, 0.2) is 36.4 Å². The summed E-state index contributed by atoms with van der Waals surface area (Å²) in [5.41, 5.74) is 9.07. The maximum atomic E-state index is 10.9. The molecule has 0 amide bonds. The predicted molar refractivity (Wildman–Crippen MR) is 80.9 cm³/mol. The largest absolute Gasteiger partial charge is 0.398 e. The van der Waals surface area contributed by atoms with Gasteiger partial charge in [0.2, 0.25) is 0 Å². The van der Waals surface area contributed by atoms with Crippen LogP contribution >= 0.6 is 11.3 Å². The van der Waals surface area contributed by atoms with Crippen molar-refractivity contribution in [3.63, 3.8) is 0 Å². The molecule has 3 rings (SSSR count). The van der Waals surface area contributed by atoms with E-state index in [1.165, 1.54) is 23.5 Å². The van der Waals surface area contributed by atoms with E-state index in [2.05, 4.69) is 4.98 Å². The topological polar surface area (TPSA) is 82.0 Å². The lowest BCUT2D eigenvalue weighted by Gasteiger charge is -2.01. The Hall–Kier alpha value is -2.47. The van der Waals surface area contributed by atoms with Crippen molar-refractivity contribution in [2.24, 2.45) is 0 Å². The molecule has 0 saturated carbocycles. The summed E-state index contributed by atoms with van der Waals surface area (Å²) < 4.78 is 1.05. The van der Waals surface area contributed by atoms with Gasteiger partial charge in [0.25, 0.3) is 5.69 Å². The molecule has 100 valence electrons. The molecule has 0 spiro atoms. The van der Waals surface area contributed by atoms with Crippen molar-refractivity contribution < 1.29 is 4.92 Å². The minimum absolute atomic E-state index is 0.0182.